The number of carbonyl (C=O) groups is 1. The molecule has 3 rings (SSSR count). The van der Waals surface area contributed by atoms with Crippen molar-refractivity contribution in [3.63, 3.8) is 0 Å². The molecule has 2 aromatic rings. The van der Waals surface area contributed by atoms with E-state index >= 15 is 0 Å². The highest BCUT2D eigenvalue weighted by atomic mass is 19.1. The van der Waals surface area contributed by atoms with Gasteiger partial charge in [0.25, 0.3) is 0 Å². The lowest BCUT2D eigenvalue weighted by molar-refractivity contribution is -0.123. The van der Waals surface area contributed by atoms with Crippen molar-refractivity contribution >= 4 is 11.6 Å². The summed E-state index contributed by atoms with van der Waals surface area (Å²) in [5.74, 6) is -0.947. The first-order valence-corrected chi connectivity index (χ1v) is 7.42. The van der Waals surface area contributed by atoms with Crippen LogP contribution in [0.4, 0.5) is 14.5 Å². The van der Waals surface area contributed by atoms with Crippen molar-refractivity contribution < 1.29 is 13.6 Å². The molecule has 1 aliphatic heterocycles. The van der Waals surface area contributed by atoms with Crippen LogP contribution in [0.15, 0.2) is 48.5 Å². The van der Waals surface area contributed by atoms with E-state index in [4.69, 9.17) is 0 Å². The van der Waals surface area contributed by atoms with E-state index in [1.165, 1.54) is 24.3 Å². The zero-order chi connectivity index (χ0) is 16.9. The maximum Gasteiger partial charge on any atom is 0.242 e. The Kier molecular flexibility index (Phi) is 4.99. The summed E-state index contributed by atoms with van der Waals surface area (Å²) in [6.07, 6.45) is -0.472. The number of carbonyl (C=O) groups excluding carboxylic acids is 1. The number of hydrogen-bond donors (Lipinski definition) is 5. The predicted molar refractivity (Wildman–Crippen MR) is 85.3 cm³/mol. The molecule has 1 fully saturated rings. The van der Waals surface area contributed by atoms with Gasteiger partial charge in [0, 0.05) is 12.2 Å². The Morgan fingerprint density at radius 1 is 1.04 bits per heavy atom. The van der Waals surface area contributed by atoms with E-state index in [2.05, 4.69) is 27.0 Å². The van der Waals surface area contributed by atoms with Crippen LogP contribution in [-0.2, 0) is 11.3 Å². The third-order valence-electron chi connectivity index (χ3n) is 3.60. The van der Waals surface area contributed by atoms with Gasteiger partial charge in [-0.15, -0.1) is 0 Å². The smallest absolute Gasteiger partial charge is 0.242 e. The summed E-state index contributed by atoms with van der Waals surface area (Å²) in [5, 5.41) is 5.80. The first-order chi connectivity index (χ1) is 11.6. The summed E-state index contributed by atoms with van der Waals surface area (Å²) in [4.78, 5) is 12.3. The first-order valence-electron chi connectivity index (χ1n) is 7.42. The molecule has 1 amide bonds. The van der Waals surface area contributed by atoms with Gasteiger partial charge in [0.1, 0.15) is 23.8 Å². The van der Waals surface area contributed by atoms with Crippen LogP contribution in [0.5, 0.6) is 0 Å². The molecule has 2 atom stereocenters. The van der Waals surface area contributed by atoms with Crippen LogP contribution in [0, 0.1) is 11.6 Å². The fourth-order valence-electron chi connectivity index (χ4n) is 2.36. The molecule has 2 unspecified atom stereocenters. The molecule has 2 aromatic carbocycles. The quantitative estimate of drug-likeness (QED) is 0.564. The van der Waals surface area contributed by atoms with Gasteiger partial charge in [-0.05, 0) is 35.9 Å². The summed E-state index contributed by atoms with van der Waals surface area (Å²) in [7, 11) is 0. The Balaban J connectivity index is 1.58. The second-order valence-electron chi connectivity index (χ2n) is 5.37. The molecule has 6 nitrogen and oxygen atoms in total. The normalized spacial score (nSPS) is 19.9. The van der Waals surface area contributed by atoms with Gasteiger partial charge >= 0.3 is 0 Å². The monoisotopic (exact) mass is 333 g/mol. The minimum absolute atomic E-state index is 0.259. The van der Waals surface area contributed by atoms with Gasteiger partial charge in [-0.2, -0.15) is 5.53 Å². The van der Waals surface area contributed by atoms with Crippen molar-refractivity contribution in [3.05, 3.63) is 65.7 Å². The van der Waals surface area contributed by atoms with Crippen molar-refractivity contribution in [1.82, 2.24) is 21.7 Å². The third kappa shape index (κ3) is 4.05. The number of rotatable bonds is 5. The average molecular weight is 333 g/mol. The van der Waals surface area contributed by atoms with Crippen LogP contribution in [0.25, 0.3) is 0 Å². The van der Waals surface area contributed by atoms with Crippen molar-refractivity contribution in [2.75, 3.05) is 5.32 Å². The lowest BCUT2D eigenvalue weighted by Gasteiger charge is -2.20. The summed E-state index contributed by atoms with van der Waals surface area (Å²) in [5.41, 5.74) is 9.67. The van der Waals surface area contributed by atoms with E-state index in [0.29, 0.717) is 5.69 Å². The number of nitrogens with one attached hydrogen (secondary N) is 5. The van der Waals surface area contributed by atoms with Gasteiger partial charge in [0.05, 0.1) is 0 Å². The van der Waals surface area contributed by atoms with Gasteiger partial charge in [0.2, 0.25) is 5.91 Å². The molecular weight excluding hydrogens is 316 g/mol. The summed E-state index contributed by atoms with van der Waals surface area (Å²) >= 11 is 0. The highest BCUT2D eigenvalue weighted by Gasteiger charge is 2.32. The molecule has 5 N–H and O–H groups in total. The third-order valence-corrected chi connectivity index (χ3v) is 3.60. The molecule has 1 heterocycles. The van der Waals surface area contributed by atoms with Gasteiger partial charge in [-0.1, -0.05) is 18.2 Å². The van der Waals surface area contributed by atoms with Crippen LogP contribution in [-0.4, -0.2) is 18.1 Å². The minimum atomic E-state index is -0.617. The molecule has 0 spiro atoms. The molecule has 0 aliphatic carbocycles. The maximum absolute atomic E-state index is 13.2. The predicted octanol–water partition coefficient (Wildman–Crippen LogP) is 1.00. The van der Waals surface area contributed by atoms with Crippen molar-refractivity contribution in [1.29, 1.82) is 0 Å². The molecule has 24 heavy (non-hydrogen) atoms. The van der Waals surface area contributed by atoms with Crippen LogP contribution in [0.3, 0.4) is 0 Å². The number of halogens is 2. The lowest BCUT2D eigenvalue weighted by Crippen LogP contribution is -2.50. The molecule has 0 radical (unpaired) electrons. The van der Waals surface area contributed by atoms with Gasteiger partial charge in [0.15, 0.2) is 0 Å². The van der Waals surface area contributed by atoms with Crippen molar-refractivity contribution in [3.8, 4) is 0 Å². The molecule has 0 saturated carbocycles. The molecule has 0 bridgehead atoms. The van der Waals surface area contributed by atoms with Crippen LogP contribution >= 0.6 is 0 Å². The Labute approximate surface area is 137 Å². The van der Waals surface area contributed by atoms with E-state index < -0.39 is 12.2 Å². The number of hydrazine groups is 2. The number of benzene rings is 2. The molecule has 8 heteroatoms. The maximum atomic E-state index is 13.2. The van der Waals surface area contributed by atoms with Crippen LogP contribution < -0.4 is 27.0 Å². The van der Waals surface area contributed by atoms with E-state index in [1.54, 1.807) is 24.3 Å². The largest absolute Gasteiger partial charge is 0.367 e. The number of anilines is 1. The second kappa shape index (κ2) is 7.35. The fraction of sp³-hybridized carbons (Fsp3) is 0.188. The Morgan fingerprint density at radius 2 is 1.83 bits per heavy atom. The summed E-state index contributed by atoms with van der Waals surface area (Å²) in [6, 6.07) is 11.2. The Bertz CT molecular complexity index is 710. The number of hydrogen-bond acceptors (Lipinski definition) is 5. The zero-order valence-corrected chi connectivity index (χ0v) is 12.6. The first kappa shape index (κ1) is 16.3. The second-order valence-corrected chi connectivity index (χ2v) is 5.37. The molecule has 126 valence electrons. The topological polar surface area (TPSA) is 77.2 Å². The summed E-state index contributed by atoms with van der Waals surface area (Å²) < 4.78 is 26.1. The fourth-order valence-corrected chi connectivity index (χ4v) is 2.36. The van der Waals surface area contributed by atoms with Gasteiger partial charge < -0.3 is 10.6 Å². The van der Waals surface area contributed by atoms with E-state index in [0.717, 1.165) is 5.56 Å². The van der Waals surface area contributed by atoms with Crippen LogP contribution in [0.1, 0.15) is 5.56 Å². The minimum Gasteiger partial charge on any atom is -0.367 e. The number of amides is 1. The standard InChI is InChI=1S/C16H17F2N5O/c17-11-6-4-10(5-7-11)9-19-16(24)14-15(22-23-21-14)20-13-3-1-2-12(18)8-13/h1-8,14-15,20-23H,9H2,(H,19,24). The highest BCUT2D eigenvalue weighted by molar-refractivity contribution is 5.83. The highest BCUT2D eigenvalue weighted by Crippen LogP contribution is 2.12. The lowest BCUT2D eigenvalue weighted by atomic mass is 10.2. The van der Waals surface area contributed by atoms with Crippen molar-refractivity contribution in [2.24, 2.45) is 0 Å². The van der Waals surface area contributed by atoms with Gasteiger partial charge in [-0.3, -0.25) is 4.79 Å². The molecule has 1 aliphatic rings. The zero-order valence-electron chi connectivity index (χ0n) is 12.6. The van der Waals surface area contributed by atoms with E-state index in [-0.39, 0.29) is 24.1 Å². The van der Waals surface area contributed by atoms with Crippen molar-refractivity contribution in [2.45, 2.75) is 18.8 Å². The Morgan fingerprint density at radius 3 is 2.58 bits per heavy atom. The molecule has 0 aromatic heterocycles. The molecule has 1 saturated heterocycles. The van der Waals surface area contributed by atoms with Gasteiger partial charge in [-0.25, -0.2) is 19.6 Å². The van der Waals surface area contributed by atoms with E-state index in [9.17, 15) is 13.6 Å². The van der Waals surface area contributed by atoms with E-state index in [1.807, 2.05) is 0 Å². The average Bonchev–Trinajstić information content (AvgIpc) is 3.02. The SMILES string of the molecule is O=C(NCc1ccc(F)cc1)C1NNNC1Nc1cccc(F)c1. The summed E-state index contributed by atoms with van der Waals surface area (Å²) in [6.45, 7) is 0.282. The van der Waals surface area contributed by atoms with Crippen LogP contribution in [0.2, 0.25) is 0 Å². The molecular formula is C16H17F2N5O. The Hall–Kier alpha value is -2.55.